The van der Waals surface area contributed by atoms with Gasteiger partial charge in [-0.2, -0.15) is 0 Å². The fraction of sp³-hybridized carbons (Fsp3) is 0.690. The van der Waals surface area contributed by atoms with Crippen molar-refractivity contribution in [2.75, 3.05) is 26.7 Å². The van der Waals surface area contributed by atoms with Gasteiger partial charge < -0.3 is 24.7 Å². The number of sulfonamides is 1. The molecule has 1 heterocycles. The molecule has 0 aromatic heterocycles. The van der Waals surface area contributed by atoms with E-state index in [0.717, 1.165) is 25.5 Å². The monoisotopic (exact) mass is 595 g/mol. The molecular weight excluding hydrogens is 550 g/mol. The van der Waals surface area contributed by atoms with Crippen LogP contribution in [0.2, 0.25) is 0 Å². The van der Waals surface area contributed by atoms with Gasteiger partial charge >= 0.3 is 11.9 Å². The second-order valence-electron chi connectivity index (χ2n) is 12.1. The normalized spacial score (nSPS) is 24.5. The highest BCUT2D eigenvalue weighted by molar-refractivity contribution is 7.89. The molecule has 3 rings (SSSR count). The van der Waals surface area contributed by atoms with Gasteiger partial charge in [-0.05, 0) is 103 Å². The van der Waals surface area contributed by atoms with Gasteiger partial charge in [-0.25, -0.2) is 13.1 Å². The minimum Gasteiger partial charge on any atom is -0.497 e. The van der Waals surface area contributed by atoms with Crippen LogP contribution in [-0.2, 0) is 29.1 Å². The first kappa shape index (κ1) is 33.0. The van der Waals surface area contributed by atoms with E-state index in [4.69, 9.17) is 9.47 Å². The van der Waals surface area contributed by atoms with Crippen LogP contribution in [0, 0.1) is 5.92 Å². The molecule has 2 aliphatic rings. The lowest BCUT2D eigenvalue weighted by atomic mass is 9.66. The van der Waals surface area contributed by atoms with E-state index in [0.29, 0.717) is 38.1 Å². The highest BCUT2D eigenvalue weighted by Gasteiger charge is 2.50. The number of benzene rings is 1. The van der Waals surface area contributed by atoms with Crippen molar-refractivity contribution < 1.29 is 37.4 Å². The summed E-state index contributed by atoms with van der Waals surface area (Å²) in [4.78, 5) is 38.1. The first-order valence-corrected chi connectivity index (χ1v) is 15.8. The highest BCUT2D eigenvalue weighted by atomic mass is 32.2. The fourth-order valence-electron chi connectivity index (χ4n) is 6.31. The fourth-order valence-corrected chi connectivity index (χ4v) is 7.78. The van der Waals surface area contributed by atoms with Gasteiger partial charge in [0.15, 0.2) is 0 Å². The van der Waals surface area contributed by atoms with Gasteiger partial charge in [0.05, 0.1) is 25.0 Å². The lowest BCUT2D eigenvalue weighted by Crippen LogP contribution is -2.63. The third-order valence-electron chi connectivity index (χ3n) is 8.02. The van der Waals surface area contributed by atoms with Crippen molar-refractivity contribution in [2.45, 2.75) is 100 Å². The lowest BCUT2D eigenvalue weighted by Gasteiger charge is -2.52. The number of carboxylic acids is 1. The van der Waals surface area contributed by atoms with Crippen LogP contribution in [0.15, 0.2) is 29.2 Å². The molecule has 230 valence electrons. The molecule has 41 heavy (non-hydrogen) atoms. The smallest absolute Gasteiger partial charge is 0.320 e. The van der Waals surface area contributed by atoms with E-state index in [1.807, 2.05) is 20.8 Å². The van der Waals surface area contributed by atoms with Crippen molar-refractivity contribution in [3.05, 3.63) is 24.3 Å². The van der Waals surface area contributed by atoms with E-state index in [1.54, 1.807) is 12.1 Å². The summed E-state index contributed by atoms with van der Waals surface area (Å²) in [7, 11) is -2.58. The van der Waals surface area contributed by atoms with Gasteiger partial charge in [0.25, 0.3) is 0 Å². The standard InChI is InChI=1S/C29H45N3O8S/c1-28(2,3)40-27(36)20-30-21-13-16-32(17-14-21)25-8-5-15-29(19-26(34)35,24(25)7-6-18-33)31-41(37,38)23-11-9-22(39-4)10-12-23/h9-12,18,21,24-25,30-31H,5-8,13-17,19-20H2,1-4H3,(H,34,35). The van der Waals surface area contributed by atoms with Gasteiger partial charge in [0.2, 0.25) is 10.0 Å². The first-order valence-electron chi connectivity index (χ1n) is 14.3. The molecule has 3 N–H and O–H groups in total. The Morgan fingerprint density at radius 3 is 2.37 bits per heavy atom. The molecule has 0 bridgehead atoms. The van der Waals surface area contributed by atoms with Crippen LogP contribution in [-0.4, -0.2) is 86.6 Å². The van der Waals surface area contributed by atoms with E-state index in [1.165, 1.54) is 19.2 Å². The van der Waals surface area contributed by atoms with Crippen molar-refractivity contribution in [1.82, 2.24) is 14.9 Å². The predicted octanol–water partition coefficient (Wildman–Crippen LogP) is 2.73. The molecule has 1 saturated heterocycles. The number of likely N-dealkylation sites (tertiary alicyclic amines) is 1. The number of nitrogens with zero attached hydrogens (tertiary/aromatic N) is 1. The maximum absolute atomic E-state index is 13.6. The average molecular weight is 596 g/mol. The molecule has 0 spiro atoms. The maximum Gasteiger partial charge on any atom is 0.320 e. The Kier molecular flexibility index (Phi) is 11.3. The van der Waals surface area contributed by atoms with Crippen LogP contribution < -0.4 is 14.8 Å². The number of carbonyl (C=O) groups is 3. The highest BCUT2D eigenvalue weighted by Crippen LogP contribution is 2.43. The third-order valence-corrected chi connectivity index (χ3v) is 9.59. The molecule has 1 saturated carbocycles. The van der Waals surface area contributed by atoms with Crippen LogP contribution in [0.1, 0.15) is 72.1 Å². The average Bonchev–Trinajstić information content (AvgIpc) is 2.90. The number of hydrogen-bond acceptors (Lipinski definition) is 9. The number of piperidine rings is 1. The van der Waals surface area contributed by atoms with Crippen molar-refractivity contribution in [3.63, 3.8) is 0 Å². The Labute approximate surface area is 243 Å². The predicted molar refractivity (Wildman–Crippen MR) is 153 cm³/mol. The van der Waals surface area contributed by atoms with E-state index in [9.17, 15) is 27.9 Å². The third kappa shape index (κ3) is 9.22. The van der Waals surface area contributed by atoms with Gasteiger partial charge in [-0.1, -0.05) is 0 Å². The molecule has 3 unspecified atom stereocenters. The molecule has 2 fully saturated rings. The van der Waals surface area contributed by atoms with E-state index < -0.39 is 27.1 Å². The molecule has 3 atom stereocenters. The quantitative estimate of drug-likeness (QED) is 0.229. The number of aldehydes is 1. The number of esters is 1. The molecule has 0 radical (unpaired) electrons. The summed E-state index contributed by atoms with van der Waals surface area (Å²) in [6.07, 6.45) is 4.38. The zero-order chi connectivity index (χ0) is 30.3. The Hall–Kier alpha value is -2.54. The summed E-state index contributed by atoms with van der Waals surface area (Å²) in [5.41, 5.74) is -1.79. The van der Waals surface area contributed by atoms with Gasteiger partial charge in [-0.15, -0.1) is 0 Å². The number of nitrogens with one attached hydrogen (secondary N) is 2. The summed E-state index contributed by atoms with van der Waals surface area (Å²) in [5, 5.41) is 13.2. The van der Waals surface area contributed by atoms with E-state index in [2.05, 4.69) is 14.9 Å². The molecule has 1 aliphatic carbocycles. The largest absolute Gasteiger partial charge is 0.497 e. The SMILES string of the molecule is COc1ccc(S(=O)(=O)NC2(CC(=O)O)CCCC(N3CCC(NCC(=O)OC(C)(C)C)CC3)C2CCC=O)cc1. The summed E-state index contributed by atoms with van der Waals surface area (Å²) < 4.78 is 40.5. The van der Waals surface area contributed by atoms with Crippen LogP contribution in [0.25, 0.3) is 0 Å². The van der Waals surface area contributed by atoms with Crippen molar-refractivity contribution in [1.29, 1.82) is 0 Å². The van der Waals surface area contributed by atoms with Crippen LogP contribution >= 0.6 is 0 Å². The minimum absolute atomic E-state index is 0.0243. The second kappa shape index (κ2) is 14.1. The molecule has 1 aromatic rings. The van der Waals surface area contributed by atoms with Crippen molar-refractivity contribution in [2.24, 2.45) is 5.92 Å². The van der Waals surface area contributed by atoms with Gasteiger partial charge in [0.1, 0.15) is 17.6 Å². The molecule has 12 heteroatoms. The number of carbonyl (C=O) groups excluding carboxylic acids is 2. The number of carboxylic acid groups (broad SMARTS) is 1. The number of rotatable bonds is 13. The van der Waals surface area contributed by atoms with Gasteiger partial charge in [0, 0.05) is 24.0 Å². The zero-order valence-corrected chi connectivity index (χ0v) is 25.4. The van der Waals surface area contributed by atoms with E-state index >= 15 is 0 Å². The molecule has 1 aliphatic heterocycles. The summed E-state index contributed by atoms with van der Waals surface area (Å²) in [6, 6.07) is 6.01. The molecular formula is C29H45N3O8S. The van der Waals surface area contributed by atoms with Gasteiger partial charge in [-0.3, -0.25) is 14.5 Å². The van der Waals surface area contributed by atoms with Crippen LogP contribution in [0.3, 0.4) is 0 Å². The Balaban J connectivity index is 1.79. The number of hydrogen-bond donors (Lipinski definition) is 3. The molecule has 11 nitrogen and oxygen atoms in total. The Morgan fingerprint density at radius 1 is 1.15 bits per heavy atom. The second-order valence-corrected chi connectivity index (χ2v) is 13.8. The summed E-state index contributed by atoms with van der Waals surface area (Å²) in [6.45, 7) is 7.04. The van der Waals surface area contributed by atoms with E-state index in [-0.39, 0.29) is 48.3 Å². The van der Waals surface area contributed by atoms with Crippen molar-refractivity contribution >= 4 is 28.2 Å². The maximum atomic E-state index is 13.6. The summed E-state index contributed by atoms with van der Waals surface area (Å²) >= 11 is 0. The topological polar surface area (TPSA) is 151 Å². The minimum atomic E-state index is -4.07. The number of ether oxygens (including phenoxy) is 2. The zero-order valence-electron chi connectivity index (χ0n) is 24.6. The van der Waals surface area contributed by atoms with Crippen LogP contribution in [0.4, 0.5) is 0 Å². The summed E-state index contributed by atoms with van der Waals surface area (Å²) in [5.74, 6) is -1.26. The lowest BCUT2D eigenvalue weighted by molar-refractivity contribution is -0.154. The Morgan fingerprint density at radius 2 is 1.80 bits per heavy atom. The van der Waals surface area contributed by atoms with Crippen LogP contribution in [0.5, 0.6) is 5.75 Å². The first-order chi connectivity index (χ1) is 19.3. The Bertz CT molecular complexity index is 1140. The molecule has 1 aromatic carbocycles. The number of aliphatic carboxylic acids is 1. The van der Waals surface area contributed by atoms with Crippen molar-refractivity contribution in [3.8, 4) is 5.75 Å². The number of methoxy groups -OCH3 is 1. The molecule has 0 amide bonds.